The lowest BCUT2D eigenvalue weighted by atomic mass is 10.1. The third kappa shape index (κ3) is 2.76. The lowest BCUT2D eigenvalue weighted by Crippen LogP contribution is -2.01. The molecule has 0 aliphatic carbocycles. The van der Waals surface area contributed by atoms with Crippen LogP contribution in [0, 0.1) is 20.8 Å². The van der Waals surface area contributed by atoms with E-state index in [1.807, 2.05) is 24.3 Å². The smallest absolute Gasteiger partial charge is 0.144 e. The van der Waals surface area contributed by atoms with Gasteiger partial charge < -0.3 is 5.32 Å². The van der Waals surface area contributed by atoms with Gasteiger partial charge in [-0.3, -0.25) is 9.38 Å². The van der Waals surface area contributed by atoms with Gasteiger partial charge in [-0.2, -0.15) is 0 Å². The maximum absolute atomic E-state index is 4.82. The molecular weight excluding hydrogens is 308 g/mol. The van der Waals surface area contributed by atoms with Crippen LogP contribution in [0.1, 0.15) is 16.7 Å². The average molecular weight is 328 g/mol. The molecule has 4 nitrogen and oxygen atoms in total. The number of hydrogen-bond donors (Lipinski definition) is 1. The summed E-state index contributed by atoms with van der Waals surface area (Å²) in [6.45, 7) is 6.32. The number of imidazole rings is 1. The van der Waals surface area contributed by atoms with E-state index in [4.69, 9.17) is 4.98 Å². The predicted molar refractivity (Wildman–Crippen MR) is 102 cm³/mol. The molecule has 1 aromatic carbocycles. The Hall–Kier alpha value is -3.14. The molecule has 0 unspecified atom stereocenters. The van der Waals surface area contributed by atoms with Gasteiger partial charge in [0.2, 0.25) is 0 Å². The van der Waals surface area contributed by atoms with Crippen LogP contribution in [-0.4, -0.2) is 14.4 Å². The van der Waals surface area contributed by atoms with Crippen molar-refractivity contribution in [2.75, 3.05) is 5.32 Å². The first-order chi connectivity index (χ1) is 12.1. The Labute approximate surface area is 147 Å². The van der Waals surface area contributed by atoms with Crippen LogP contribution < -0.4 is 5.32 Å². The van der Waals surface area contributed by atoms with Crippen molar-refractivity contribution >= 4 is 17.2 Å². The molecule has 4 aromatic rings. The van der Waals surface area contributed by atoms with Crippen LogP contribution in [0.3, 0.4) is 0 Å². The summed E-state index contributed by atoms with van der Waals surface area (Å²) in [5.74, 6) is 0.940. The zero-order chi connectivity index (χ0) is 17.4. The average Bonchev–Trinajstić information content (AvgIpc) is 2.97. The molecule has 25 heavy (non-hydrogen) atoms. The van der Waals surface area contributed by atoms with Crippen molar-refractivity contribution in [2.24, 2.45) is 0 Å². The summed E-state index contributed by atoms with van der Waals surface area (Å²) in [6.07, 6.45) is 3.90. The van der Waals surface area contributed by atoms with E-state index in [0.717, 1.165) is 28.5 Å². The minimum atomic E-state index is 0.855. The van der Waals surface area contributed by atoms with Gasteiger partial charge in [0.25, 0.3) is 0 Å². The summed E-state index contributed by atoms with van der Waals surface area (Å²) < 4.78 is 2.10. The van der Waals surface area contributed by atoms with Crippen LogP contribution in [0.4, 0.5) is 11.5 Å². The first-order valence-electron chi connectivity index (χ1n) is 8.37. The van der Waals surface area contributed by atoms with Crippen LogP contribution in [0.2, 0.25) is 0 Å². The molecule has 0 aliphatic rings. The Kier molecular flexibility index (Phi) is 3.73. The van der Waals surface area contributed by atoms with E-state index in [9.17, 15) is 0 Å². The number of para-hydroxylation sites is 1. The van der Waals surface area contributed by atoms with Crippen LogP contribution >= 0.6 is 0 Å². The molecular formula is C21H20N4. The fourth-order valence-electron chi connectivity index (χ4n) is 3.08. The number of anilines is 2. The summed E-state index contributed by atoms with van der Waals surface area (Å²) in [7, 11) is 0. The van der Waals surface area contributed by atoms with Crippen molar-refractivity contribution in [3.63, 3.8) is 0 Å². The standard InChI is InChI=1S/C21H20N4/c1-14-10-11-18-23-20(17-9-4-5-12-22-17)21(25(18)13-14)24-19-15(2)7-6-8-16(19)3/h4-13,24H,1-3H3. The number of nitrogens with one attached hydrogen (secondary N) is 1. The van der Waals surface area contributed by atoms with Crippen LogP contribution in [0.15, 0.2) is 60.9 Å². The van der Waals surface area contributed by atoms with Gasteiger partial charge >= 0.3 is 0 Å². The number of pyridine rings is 2. The molecule has 1 N–H and O–H groups in total. The Morgan fingerprint density at radius 1 is 0.880 bits per heavy atom. The van der Waals surface area contributed by atoms with Gasteiger partial charge in [0.1, 0.15) is 17.2 Å². The van der Waals surface area contributed by atoms with E-state index in [2.05, 4.69) is 65.9 Å². The molecule has 0 saturated carbocycles. The van der Waals surface area contributed by atoms with E-state index < -0.39 is 0 Å². The Morgan fingerprint density at radius 2 is 1.68 bits per heavy atom. The Balaban J connectivity index is 1.96. The summed E-state index contributed by atoms with van der Waals surface area (Å²) in [4.78, 5) is 9.32. The van der Waals surface area contributed by atoms with Crippen molar-refractivity contribution in [3.8, 4) is 11.4 Å². The summed E-state index contributed by atoms with van der Waals surface area (Å²) in [5.41, 5.74) is 7.32. The zero-order valence-electron chi connectivity index (χ0n) is 14.6. The highest BCUT2D eigenvalue weighted by Gasteiger charge is 2.16. The molecule has 4 rings (SSSR count). The fourth-order valence-corrected chi connectivity index (χ4v) is 3.08. The zero-order valence-corrected chi connectivity index (χ0v) is 14.6. The van der Waals surface area contributed by atoms with E-state index in [1.165, 1.54) is 16.7 Å². The van der Waals surface area contributed by atoms with Crippen molar-refractivity contribution < 1.29 is 0 Å². The maximum Gasteiger partial charge on any atom is 0.144 e. The van der Waals surface area contributed by atoms with Crippen LogP contribution in [-0.2, 0) is 0 Å². The highest BCUT2D eigenvalue weighted by molar-refractivity contribution is 5.79. The topological polar surface area (TPSA) is 42.2 Å². The monoisotopic (exact) mass is 328 g/mol. The van der Waals surface area contributed by atoms with E-state index in [-0.39, 0.29) is 0 Å². The van der Waals surface area contributed by atoms with Crippen molar-refractivity contribution in [1.82, 2.24) is 14.4 Å². The fraction of sp³-hybridized carbons (Fsp3) is 0.143. The van der Waals surface area contributed by atoms with Gasteiger partial charge in [-0.05, 0) is 55.7 Å². The molecule has 3 aromatic heterocycles. The second-order valence-corrected chi connectivity index (χ2v) is 6.35. The third-order valence-electron chi connectivity index (χ3n) is 4.40. The number of aromatic nitrogens is 3. The SMILES string of the molecule is Cc1ccc2nc(-c3ccccn3)c(Nc3c(C)cccc3C)n2c1. The summed E-state index contributed by atoms with van der Waals surface area (Å²) >= 11 is 0. The number of nitrogens with zero attached hydrogens (tertiary/aromatic N) is 3. The largest absolute Gasteiger partial charge is 0.339 e. The van der Waals surface area contributed by atoms with Gasteiger partial charge in [0.05, 0.1) is 5.69 Å². The second kappa shape index (κ2) is 6.06. The number of hydrogen-bond acceptors (Lipinski definition) is 3. The van der Waals surface area contributed by atoms with Gasteiger partial charge in [0, 0.05) is 18.1 Å². The number of fused-ring (bicyclic) bond motifs is 1. The highest BCUT2D eigenvalue weighted by atomic mass is 15.1. The van der Waals surface area contributed by atoms with E-state index in [1.54, 1.807) is 6.20 Å². The van der Waals surface area contributed by atoms with Crippen LogP contribution in [0.25, 0.3) is 17.0 Å². The summed E-state index contributed by atoms with van der Waals surface area (Å²) in [5, 5.41) is 3.62. The molecule has 0 radical (unpaired) electrons. The molecule has 0 spiro atoms. The van der Waals surface area contributed by atoms with Crippen LogP contribution in [0.5, 0.6) is 0 Å². The molecule has 0 bridgehead atoms. The number of aryl methyl sites for hydroxylation is 3. The van der Waals surface area contributed by atoms with Gasteiger partial charge in [0.15, 0.2) is 0 Å². The van der Waals surface area contributed by atoms with Crippen molar-refractivity contribution in [1.29, 1.82) is 0 Å². The summed E-state index contributed by atoms with van der Waals surface area (Å²) in [6, 6.07) is 16.3. The maximum atomic E-state index is 4.82. The molecule has 4 heteroatoms. The molecule has 0 aliphatic heterocycles. The second-order valence-electron chi connectivity index (χ2n) is 6.35. The third-order valence-corrected chi connectivity index (χ3v) is 4.40. The van der Waals surface area contributed by atoms with E-state index in [0.29, 0.717) is 0 Å². The minimum absolute atomic E-state index is 0.855. The van der Waals surface area contributed by atoms with Crippen molar-refractivity contribution in [3.05, 3.63) is 77.6 Å². The molecule has 0 atom stereocenters. The van der Waals surface area contributed by atoms with Gasteiger partial charge in [-0.1, -0.05) is 30.3 Å². The molecule has 0 saturated heterocycles. The van der Waals surface area contributed by atoms with Gasteiger partial charge in [-0.25, -0.2) is 4.98 Å². The van der Waals surface area contributed by atoms with Crippen molar-refractivity contribution in [2.45, 2.75) is 20.8 Å². The molecule has 3 heterocycles. The van der Waals surface area contributed by atoms with Gasteiger partial charge in [-0.15, -0.1) is 0 Å². The number of benzene rings is 1. The minimum Gasteiger partial charge on any atom is -0.339 e. The Morgan fingerprint density at radius 3 is 2.40 bits per heavy atom. The molecule has 0 amide bonds. The lowest BCUT2D eigenvalue weighted by molar-refractivity contribution is 1.15. The quantitative estimate of drug-likeness (QED) is 0.571. The number of rotatable bonds is 3. The molecule has 0 fully saturated rings. The lowest BCUT2D eigenvalue weighted by Gasteiger charge is -2.14. The predicted octanol–water partition coefficient (Wildman–Crippen LogP) is 5.07. The normalized spacial score (nSPS) is 11.0. The highest BCUT2D eigenvalue weighted by Crippen LogP contribution is 2.32. The Bertz CT molecular complexity index is 1030. The molecule has 124 valence electrons. The van der Waals surface area contributed by atoms with E-state index >= 15 is 0 Å². The first kappa shape index (κ1) is 15.4. The first-order valence-corrected chi connectivity index (χ1v) is 8.37.